The zero-order chi connectivity index (χ0) is 14.2. The number of aryl methyl sites for hydroxylation is 1. The van der Waals surface area contributed by atoms with Gasteiger partial charge in [-0.15, -0.1) is 0 Å². The molecule has 0 saturated carbocycles. The topological polar surface area (TPSA) is 61.6 Å². The Morgan fingerprint density at radius 3 is 2.80 bits per heavy atom. The molecule has 2 fully saturated rings. The van der Waals surface area contributed by atoms with Gasteiger partial charge in [-0.3, -0.25) is 4.79 Å². The van der Waals surface area contributed by atoms with Crippen molar-refractivity contribution in [1.82, 2.24) is 19.4 Å². The number of likely N-dealkylation sites (tertiary alicyclic amines) is 2. The molecular weight excluding hydrogens is 256 g/mol. The Balaban J connectivity index is 1.63. The highest BCUT2D eigenvalue weighted by Gasteiger charge is 2.40. The molecular formula is C14H22N4O2. The first-order valence-corrected chi connectivity index (χ1v) is 7.29. The van der Waals surface area contributed by atoms with Crippen LogP contribution in [0.15, 0.2) is 12.4 Å². The van der Waals surface area contributed by atoms with E-state index in [1.54, 1.807) is 21.9 Å². The lowest BCUT2D eigenvalue weighted by molar-refractivity contribution is 0.0173. The van der Waals surface area contributed by atoms with Gasteiger partial charge in [-0.05, 0) is 32.4 Å². The summed E-state index contributed by atoms with van der Waals surface area (Å²) in [5.41, 5.74) is -0.759. The first-order valence-electron chi connectivity index (χ1n) is 7.29. The number of β-amino-alcohol motifs (C(OH)–C–C–N with tert-alkyl or cyclic N) is 1. The van der Waals surface area contributed by atoms with Crippen LogP contribution in [-0.2, 0) is 7.05 Å². The van der Waals surface area contributed by atoms with Crippen molar-refractivity contribution in [3.05, 3.63) is 18.2 Å². The molecule has 1 aromatic heterocycles. The second-order valence-corrected chi connectivity index (χ2v) is 6.05. The van der Waals surface area contributed by atoms with Gasteiger partial charge in [-0.2, -0.15) is 0 Å². The second-order valence-electron chi connectivity index (χ2n) is 6.05. The molecule has 3 rings (SSSR count). The predicted octanol–water partition coefficient (Wildman–Crippen LogP) is 0.0929. The maximum absolute atomic E-state index is 12.4. The van der Waals surface area contributed by atoms with Gasteiger partial charge in [-0.25, -0.2) is 4.98 Å². The number of aromatic nitrogens is 2. The average molecular weight is 278 g/mol. The van der Waals surface area contributed by atoms with Crippen LogP contribution in [-0.4, -0.2) is 68.7 Å². The van der Waals surface area contributed by atoms with Gasteiger partial charge in [0.15, 0.2) is 5.82 Å². The highest BCUT2D eigenvalue weighted by atomic mass is 16.3. The molecule has 0 aliphatic carbocycles. The van der Waals surface area contributed by atoms with Gasteiger partial charge in [0.2, 0.25) is 0 Å². The first-order chi connectivity index (χ1) is 9.57. The number of aliphatic hydroxyl groups is 1. The summed E-state index contributed by atoms with van der Waals surface area (Å²) in [6.07, 6.45) is 6.47. The SMILES string of the molecule is Cn1ccnc1C(=O)N1CC[C@](O)(CN2CCCC2)C1. The van der Waals surface area contributed by atoms with Gasteiger partial charge in [0.1, 0.15) is 0 Å². The van der Waals surface area contributed by atoms with Crippen LogP contribution in [0.4, 0.5) is 0 Å². The molecule has 2 aliphatic rings. The van der Waals surface area contributed by atoms with Crippen molar-refractivity contribution in [3.63, 3.8) is 0 Å². The number of carbonyl (C=O) groups is 1. The van der Waals surface area contributed by atoms with E-state index in [4.69, 9.17) is 0 Å². The van der Waals surface area contributed by atoms with Crippen molar-refractivity contribution in [1.29, 1.82) is 0 Å². The minimum Gasteiger partial charge on any atom is -0.387 e. The number of carbonyl (C=O) groups excluding carboxylic acids is 1. The van der Waals surface area contributed by atoms with Gasteiger partial charge in [0.25, 0.3) is 5.91 Å². The van der Waals surface area contributed by atoms with Gasteiger partial charge < -0.3 is 19.5 Å². The molecule has 0 radical (unpaired) electrons. The van der Waals surface area contributed by atoms with Gasteiger partial charge >= 0.3 is 0 Å². The molecule has 110 valence electrons. The van der Waals surface area contributed by atoms with Crippen molar-refractivity contribution in [3.8, 4) is 0 Å². The fraction of sp³-hybridized carbons (Fsp3) is 0.714. The van der Waals surface area contributed by atoms with Crippen LogP contribution in [0.5, 0.6) is 0 Å². The summed E-state index contributed by atoms with van der Waals surface area (Å²) in [7, 11) is 1.81. The monoisotopic (exact) mass is 278 g/mol. The summed E-state index contributed by atoms with van der Waals surface area (Å²) in [6, 6.07) is 0. The molecule has 2 aliphatic heterocycles. The van der Waals surface area contributed by atoms with Crippen LogP contribution in [0.2, 0.25) is 0 Å². The predicted molar refractivity (Wildman–Crippen MR) is 74.4 cm³/mol. The lowest BCUT2D eigenvalue weighted by Gasteiger charge is -2.28. The number of hydrogen-bond acceptors (Lipinski definition) is 4. The Kier molecular flexibility index (Phi) is 3.52. The first kappa shape index (κ1) is 13.6. The van der Waals surface area contributed by atoms with Crippen LogP contribution >= 0.6 is 0 Å². The van der Waals surface area contributed by atoms with E-state index in [9.17, 15) is 9.90 Å². The number of hydrogen-bond donors (Lipinski definition) is 1. The normalized spacial score (nSPS) is 27.4. The quantitative estimate of drug-likeness (QED) is 0.851. The van der Waals surface area contributed by atoms with Crippen molar-refractivity contribution in [2.45, 2.75) is 24.9 Å². The third-order valence-electron chi connectivity index (χ3n) is 4.35. The summed E-state index contributed by atoms with van der Waals surface area (Å²) in [5, 5.41) is 10.7. The summed E-state index contributed by atoms with van der Waals surface area (Å²) in [6.45, 7) is 3.83. The van der Waals surface area contributed by atoms with Gasteiger partial charge in [0.05, 0.1) is 12.1 Å². The lowest BCUT2D eigenvalue weighted by Crippen LogP contribution is -2.45. The summed E-state index contributed by atoms with van der Waals surface area (Å²) in [4.78, 5) is 20.5. The Labute approximate surface area is 119 Å². The highest BCUT2D eigenvalue weighted by Crippen LogP contribution is 2.25. The largest absolute Gasteiger partial charge is 0.387 e. The maximum atomic E-state index is 12.4. The smallest absolute Gasteiger partial charge is 0.289 e. The Bertz CT molecular complexity index is 495. The maximum Gasteiger partial charge on any atom is 0.289 e. The van der Waals surface area contributed by atoms with Crippen molar-refractivity contribution in [2.75, 3.05) is 32.7 Å². The molecule has 1 N–H and O–H groups in total. The molecule has 0 aromatic carbocycles. The van der Waals surface area contributed by atoms with E-state index in [2.05, 4.69) is 9.88 Å². The van der Waals surface area contributed by atoms with Gasteiger partial charge in [-0.1, -0.05) is 0 Å². The highest BCUT2D eigenvalue weighted by molar-refractivity contribution is 5.91. The van der Waals surface area contributed by atoms with E-state index in [0.717, 1.165) is 13.1 Å². The fourth-order valence-electron chi connectivity index (χ4n) is 3.23. The number of rotatable bonds is 3. The number of imidazole rings is 1. The average Bonchev–Trinajstić information content (AvgIpc) is 3.11. The Morgan fingerprint density at radius 1 is 1.40 bits per heavy atom. The van der Waals surface area contributed by atoms with Crippen LogP contribution in [0.1, 0.15) is 29.9 Å². The molecule has 1 aromatic rings. The minimum atomic E-state index is -0.759. The zero-order valence-electron chi connectivity index (χ0n) is 12.0. The number of nitrogens with zero attached hydrogens (tertiary/aromatic N) is 4. The molecule has 0 unspecified atom stereocenters. The lowest BCUT2D eigenvalue weighted by atomic mass is 10.0. The van der Waals surface area contributed by atoms with E-state index in [1.807, 2.05) is 7.05 Å². The molecule has 3 heterocycles. The Hall–Kier alpha value is -1.40. The van der Waals surface area contributed by atoms with Gasteiger partial charge in [0, 0.05) is 32.5 Å². The molecule has 0 bridgehead atoms. The van der Waals surface area contributed by atoms with E-state index in [1.165, 1.54) is 12.8 Å². The van der Waals surface area contributed by atoms with E-state index < -0.39 is 5.60 Å². The summed E-state index contributed by atoms with van der Waals surface area (Å²) in [5.74, 6) is 0.352. The van der Waals surface area contributed by atoms with Crippen LogP contribution in [0, 0.1) is 0 Å². The van der Waals surface area contributed by atoms with Crippen molar-refractivity contribution in [2.24, 2.45) is 7.05 Å². The molecule has 6 heteroatoms. The van der Waals surface area contributed by atoms with Crippen molar-refractivity contribution < 1.29 is 9.90 Å². The number of amides is 1. The standard InChI is InChI=1S/C14H22N4O2/c1-16-9-5-15-12(16)13(19)18-8-4-14(20,11-18)10-17-6-2-3-7-17/h5,9,20H,2-4,6-8,10-11H2,1H3/t14-/m0/s1. The summed E-state index contributed by atoms with van der Waals surface area (Å²) >= 11 is 0. The zero-order valence-corrected chi connectivity index (χ0v) is 12.0. The minimum absolute atomic E-state index is 0.0881. The molecule has 1 atom stereocenters. The van der Waals surface area contributed by atoms with Crippen LogP contribution in [0.3, 0.4) is 0 Å². The van der Waals surface area contributed by atoms with E-state index >= 15 is 0 Å². The molecule has 2 saturated heterocycles. The summed E-state index contributed by atoms with van der Waals surface area (Å²) < 4.78 is 1.72. The van der Waals surface area contributed by atoms with Crippen molar-refractivity contribution >= 4 is 5.91 Å². The third-order valence-corrected chi connectivity index (χ3v) is 4.35. The van der Waals surface area contributed by atoms with E-state index in [-0.39, 0.29) is 5.91 Å². The molecule has 1 amide bonds. The third kappa shape index (κ3) is 2.58. The van der Waals surface area contributed by atoms with E-state index in [0.29, 0.717) is 31.9 Å². The van der Waals surface area contributed by atoms with Crippen LogP contribution in [0.25, 0.3) is 0 Å². The fourth-order valence-corrected chi connectivity index (χ4v) is 3.23. The second kappa shape index (κ2) is 5.18. The molecule has 20 heavy (non-hydrogen) atoms. The molecule has 6 nitrogen and oxygen atoms in total. The van der Waals surface area contributed by atoms with Crippen LogP contribution < -0.4 is 0 Å². The molecule has 0 spiro atoms. The Morgan fingerprint density at radius 2 is 2.15 bits per heavy atom.